The lowest BCUT2D eigenvalue weighted by molar-refractivity contribution is 0.224. The minimum atomic E-state index is -0.738. The van der Waals surface area contributed by atoms with Crippen molar-refractivity contribution in [2.24, 2.45) is 0 Å². The Morgan fingerprint density at radius 1 is 1.00 bits per heavy atom. The quantitative estimate of drug-likeness (QED) is 0.437. The number of rotatable bonds is 4. The fraction of sp³-hybridized carbons (Fsp3) is 0.200. The number of aliphatic hydroxyl groups excluding tert-OH is 1. The van der Waals surface area contributed by atoms with E-state index in [1.165, 1.54) is 0 Å². The molecule has 5 N–H and O–H groups in total. The van der Waals surface area contributed by atoms with Crippen molar-refractivity contribution in [3.8, 4) is 11.5 Å². The van der Waals surface area contributed by atoms with Crippen molar-refractivity contribution in [1.82, 2.24) is 0 Å². The second-order valence-corrected chi connectivity index (χ2v) is 4.68. The predicted molar refractivity (Wildman–Crippen MR) is 79.5 cm³/mol. The molecule has 0 aliphatic heterocycles. The molecular formula is C15H18N2O3. The standard InChI is InChI=1S/C15H18N2O3/c1-9-7-13(14(8-15(9)20)16-10(2)18)17-11-3-5-12(19)6-4-11/h3-8,10,16-20H,1-2H3. The summed E-state index contributed by atoms with van der Waals surface area (Å²) in [6, 6.07) is 9.99. The van der Waals surface area contributed by atoms with Crippen LogP contribution in [0.2, 0.25) is 0 Å². The number of phenols is 2. The molecule has 0 saturated carbocycles. The van der Waals surface area contributed by atoms with E-state index in [-0.39, 0.29) is 11.5 Å². The van der Waals surface area contributed by atoms with Gasteiger partial charge in [0.05, 0.1) is 11.4 Å². The number of nitrogens with one attached hydrogen (secondary N) is 2. The average Bonchev–Trinajstić information content (AvgIpc) is 2.37. The van der Waals surface area contributed by atoms with Gasteiger partial charge >= 0.3 is 0 Å². The van der Waals surface area contributed by atoms with Crippen molar-refractivity contribution in [1.29, 1.82) is 0 Å². The van der Waals surface area contributed by atoms with Crippen LogP contribution in [0.4, 0.5) is 17.1 Å². The van der Waals surface area contributed by atoms with Crippen molar-refractivity contribution in [2.75, 3.05) is 10.6 Å². The van der Waals surface area contributed by atoms with Crippen LogP contribution < -0.4 is 10.6 Å². The van der Waals surface area contributed by atoms with Gasteiger partial charge < -0.3 is 26.0 Å². The molecule has 0 aromatic heterocycles. The van der Waals surface area contributed by atoms with Gasteiger partial charge in [-0.25, -0.2) is 0 Å². The first-order chi connectivity index (χ1) is 9.45. The molecule has 20 heavy (non-hydrogen) atoms. The third kappa shape index (κ3) is 3.33. The molecule has 5 nitrogen and oxygen atoms in total. The summed E-state index contributed by atoms with van der Waals surface area (Å²) >= 11 is 0. The van der Waals surface area contributed by atoms with Crippen LogP contribution in [0.1, 0.15) is 12.5 Å². The molecule has 2 aromatic carbocycles. The van der Waals surface area contributed by atoms with E-state index in [1.807, 2.05) is 0 Å². The second kappa shape index (κ2) is 5.71. The number of phenolic OH excluding ortho intramolecular Hbond substituents is 2. The van der Waals surface area contributed by atoms with Crippen LogP contribution in [0.3, 0.4) is 0 Å². The monoisotopic (exact) mass is 274 g/mol. The summed E-state index contributed by atoms with van der Waals surface area (Å²) in [7, 11) is 0. The van der Waals surface area contributed by atoms with Gasteiger partial charge in [0.2, 0.25) is 0 Å². The van der Waals surface area contributed by atoms with Crippen LogP contribution in [0.25, 0.3) is 0 Å². The van der Waals surface area contributed by atoms with Crippen molar-refractivity contribution >= 4 is 17.1 Å². The molecule has 0 radical (unpaired) electrons. The summed E-state index contributed by atoms with van der Waals surface area (Å²) in [5.74, 6) is 0.351. The molecule has 0 spiro atoms. The van der Waals surface area contributed by atoms with E-state index >= 15 is 0 Å². The van der Waals surface area contributed by atoms with Crippen LogP contribution in [0.5, 0.6) is 11.5 Å². The van der Waals surface area contributed by atoms with Crippen LogP contribution in [-0.2, 0) is 0 Å². The zero-order chi connectivity index (χ0) is 14.7. The van der Waals surface area contributed by atoms with E-state index in [4.69, 9.17) is 0 Å². The van der Waals surface area contributed by atoms with Gasteiger partial charge in [0.1, 0.15) is 17.7 Å². The molecular weight excluding hydrogens is 256 g/mol. The molecule has 5 heteroatoms. The van der Waals surface area contributed by atoms with E-state index in [9.17, 15) is 15.3 Å². The zero-order valence-corrected chi connectivity index (χ0v) is 11.4. The molecule has 0 amide bonds. The number of hydrogen-bond acceptors (Lipinski definition) is 5. The maximum Gasteiger partial charge on any atom is 0.121 e. The SMILES string of the molecule is Cc1cc(Nc2ccc(O)cc2)c(NC(C)O)cc1O. The zero-order valence-electron chi connectivity index (χ0n) is 11.4. The fourth-order valence-corrected chi connectivity index (χ4v) is 1.84. The highest BCUT2D eigenvalue weighted by atomic mass is 16.3. The Morgan fingerprint density at radius 2 is 1.65 bits per heavy atom. The van der Waals surface area contributed by atoms with Gasteiger partial charge in [-0.05, 0) is 49.7 Å². The largest absolute Gasteiger partial charge is 0.508 e. The number of aliphatic hydroxyl groups is 1. The van der Waals surface area contributed by atoms with E-state index in [0.717, 1.165) is 16.9 Å². The first-order valence-electron chi connectivity index (χ1n) is 6.30. The Hall–Kier alpha value is -2.40. The fourth-order valence-electron chi connectivity index (χ4n) is 1.84. The number of anilines is 3. The number of aromatic hydroxyl groups is 2. The summed E-state index contributed by atoms with van der Waals surface area (Å²) in [6.07, 6.45) is -0.738. The maximum atomic E-state index is 9.76. The Bertz CT molecular complexity index is 595. The number of aryl methyl sites for hydroxylation is 1. The minimum Gasteiger partial charge on any atom is -0.508 e. The number of benzene rings is 2. The molecule has 0 fully saturated rings. The first kappa shape index (κ1) is 14.0. The first-order valence-corrected chi connectivity index (χ1v) is 6.30. The highest BCUT2D eigenvalue weighted by molar-refractivity contribution is 5.77. The topological polar surface area (TPSA) is 84.8 Å². The molecule has 2 aromatic rings. The van der Waals surface area contributed by atoms with E-state index < -0.39 is 6.23 Å². The van der Waals surface area contributed by atoms with Crippen LogP contribution in [-0.4, -0.2) is 21.5 Å². The van der Waals surface area contributed by atoms with Gasteiger partial charge in [-0.1, -0.05) is 0 Å². The Kier molecular flexibility index (Phi) is 4.00. The van der Waals surface area contributed by atoms with Crippen molar-refractivity contribution in [3.05, 3.63) is 42.0 Å². The van der Waals surface area contributed by atoms with Crippen LogP contribution in [0.15, 0.2) is 36.4 Å². The molecule has 0 aliphatic carbocycles. The molecule has 0 heterocycles. The molecule has 1 unspecified atom stereocenters. The van der Waals surface area contributed by atoms with Gasteiger partial charge in [-0.15, -0.1) is 0 Å². The summed E-state index contributed by atoms with van der Waals surface area (Å²) in [5.41, 5.74) is 2.84. The predicted octanol–water partition coefficient (Wildman–Crippen LogP) is 2.90. The van der Waals surface area contributed by atoms with E-state index in [1.54, 1.807) is 50.2 Å². The van der Waals surface area contributed by atoms with Crippen molar-refractivity contribution in [2.45, 2.75) is 20.1 Å². The Balaban J connectivity index is 2.33. The third-order valence-corrected chi connectivity index (χ3v) is 2.85. The lowest BCUT2D eigenvalue weighted by Gasteiger charge is -2.17. The smallest absolute Gasteiger partial charge is 0.121 e. The maximum absolute atomic E-state index is 9.76. The van der Waals surface area contributed by atoms with E-state index in [0.29, 0.717) is 5.69 Å². The molecule has 0 bridgehead atoms. The summed E-state index contributed by atoms with van der Waals surface area (Å²) in [5, 5.41) is 34.5. The highest BCUT2D eigenvalue weighted by Gasteiger charge is 2.09. The van der Waals surface area contributed by atoms with Crippen LogP contribution in [0, 0.1) is 6.92 Å². The summed E-state index contributed by atoms with van der Waals surface area (Å²) in [6.45, 7) is 3.39. The lowest BCUT2D eigenvalue weighted by atomic mass is 10.1. The van der Waals surface area contributed by atoms with E-state index in [2.05, 4.69) is 10.6 Å². The van der Waals surface area contributed by atoms with Crippen molar-refractivity contribution < 1.29 is 15.3 Å². The minimum absolute atomic E-state index is 0.157. The van der Waals surface area contributed by atoms with Gasteiger partial charge in [0.15, 0.2) is 0 Å². The average molecular weight is 274 g/mol. The van der Waals surface area contributed by atoms with Gasteiger partial charge in [-0.2, -0.15) is 0 Å². The Morgan fingerprint density at radius 3 is 2.25 bits per heavy atom. The summed E-state index contributed by atoms with van der Waals surface area (Å²) in [4.78, 5) is 0. The normalized spacial score (nSPS) is 11.9. The molecule has 2 rings (SSSR count). The highest BCUT2D eigenvalue weighted by Crippen LogP contribution is 2.32. The second-order valence-electron chi connectivity index (χ2n) is 4.68. The molecule has 1 atom stereocenters. The number of hydrogen-bond donors (Lipinski definition) is 5. The van der Waals surface area contributed by atoms with Gasteiger partial charge in [0, 0.05) is 11.8 Å². The molecule has 0 saturated heterocycles. The van der Waals surface area contributed by atoms with Crippen molar-refractivity contribution in [3.63, 3.8) is 0 Å². The molecule has 0 aliphatic rings. The lowest BCUT2D eigenvalue weighted by Crippen LogP contribution is -2.14. The van der Waals surface area contributed by atoms with Crippen LogP contribution >= 0.6 is 0 Å². The Labute approximate surface area is 117 Å². The van der Waals surface area contributed by atoms with Gasteiger partial charge in [-0.3, -0.25) is 0 Å². The third-order valence-electron chi connectivity index (χ3n) is 2.85. The van der Waals surface area contributed by atoms with Gasteiger partial charge in [0.25, 0.3) is 0 Å². The summed E-state index contributed by atoms with van der Waals surface area (Å²) < 4.78 is 0. The molecule has 106 valence electrons.